The van der Waals surface area contributed by atoms with Gasteiger partial charge in [0.15, 0.2) is 0 Å². The Morgan fingerprint density at radius 2 is 2.20 bits per heavy atom. The lowest BCUT2D eigenvalue weighted by molar-refractivity contribution is -0.138. The first-order chi connectivity index (χ1) is 6.93. The molecule has 0 aromatic carbocycles. The Morgan fingerprint density at radius 1 is 1.60 bits per heavy atom. The molecule has 0 fully saturated rings. The van der Waals surface area contributed by atoms with Gasteiger partial charge < -0.3 is 16.6 Å². The first kappa shape index (κ1) is 14.2. The molecule has 0 aliphatic carbocycles. The lowest BCUT2D eigenvalue weighted by Crippen LogP contribution is -2.30. The van der Waals surface area contributed by atoms with Crippen molar-refractivity contribution in [1.29, 1.82) is 0 Å². The van der Waals surface area contributed by atoms with Crippen molar-refractivity contribution < 1.29 is 9.90 Å². The van der Waals surface area contributed by atoms with E-state index in [4.69, 9.17) is 16.6 Å². The van der Waals surface area contributed by atoms with Crippen LogP contribution in [0.25, 0.3) is 0 Å². The highest BCUT2D eigenvalue weighted by molar-refractivity contribution is 7.99. The Hall–Kier alpha value is -0.750. The van der Waals surface area contributed by atoms with E-state index >= 15 is 0 Å². The van der Waals surface area contributed by atoms with E-state index in [1.807, 2.05) is 6.92 Å². The minimum Gasteiger partial charge on any atom is -0.480 e. The maximum atomic E-state index is 10.4. The third-order valence-corrected chi connectivity index (χ3v) is 2.94. The third kappa shape index (κ3) is 8.26. The number of aliphatic carboxylic acids is 1. The first-order valence-electron chi connectivity index (χ1n) is 4.80. The summed E-state index contributed by atoms with van der Waals surface area (Å²) in [6.07, 6.45) is 0.482. The molecule has 0 aromatic rings. The molecule has 88 valence electrons. The van der Waals surface area contributed by atoms with Gasteiger partial charge in [-0.05, 0) is 19.1 Å². The molecule has 0 amide bonds. The normalized spacial score (nSPS) is 16.1. The van der Waals surface area contributed by atoms with Crippen molar-refractivity contribution in [1.82, 2.24) is 0 Å². The van der Waals surface area contributed by atoms with Crippen LogP contribution in [0.1, 0.15) is 20.3 Å². The molecule has 5 N–H and O–H groups in total. The van der Waals surface area contributed by atoms with Gasteiger partial charge in [-0.2, -0.15) is 11.8 Å². The van der Waals surface area contributed by atoms with Gasteiger partial charge in [0.2, 0.25) is 0 Å². The molecule has 5 nitrogen and oxygen atoms in total. The first-order valence-corrected chi connectivity index (χ1v) is 5.85. The van der Waals surface area contributed by atoms with Gasteiger partial charge in [0, 0.05) is 5.25 Å². The average Bonchev–Trinajstić information content (AvgIpc) is 2.14. The van der Waals surface area contributed by atoms with Gasteiger partial charge >= 0.3 is 5.97 Å². The van der Waals surface area contributed by atoms with E-state index in [2.05, 4.69) is 4.99 Å². The van der Waals surface area contributed by atoms with Gasteiger partial charge in [-0.1, -0.05) is 6.92 Å². The summed E-state index contributed by atoms with van der Waals surface area (Å²) in [4.78, 5) is 14.5. The van der Waals surface area contributed by atoms with Crippen LogP contribution in [-0.2, 0) is 4.79 Å². The third-order valence-electron chi connectivity index (χ3n) is 1.75. The zero-order valence-corrected chi connectivity index (χ0v) is 9.96. The van der Waals surface area contributed by atoms with Crippen molar-refractivity contribution in [2.75, 3.05) is 12.3 Å². The molecule has 0 saturated heterocycles. The van der Waals surface area contributed by atoms with Crippen LogP contribution in [0, 0.1) is 0 Å². The molecule has 0 aliphatic rings. The molecular formula is C9H19N3O2S. The van der Waals surface area contributed by atoms with E-state index in [1.54, 1.807) is 18.7 Å². The Labute approximate surface area is 94.3 Å². The molecule has 0 aliphatic heterocycles. The van der Waals surface area contributed by atoms with Gasteiger partial charge in [-0.3, -0.25) is 9.79 Å². The van der Waals surface area contributed by atoms with Crippen molar-refractivity contribution in [3.8, 4) is 0 Å². The maximum Gasteiger partial charge on any atom is 0.320 e. The summed E-state index contributed by atoms with van der Waals surface area (Å²) in [5.74, 6) is 0.358. The molecule has 0 saturated carbocycles. The number of carboxylic acids is 1. The average molecular weight is 233 g/mol. The molecule has 0 unspecified atom stereocenters. The number of rotatable bonds is 7. The number of aliphatic imine (C=N–C) groups is 1. The SMILES string of the molecule is CC(N)=NC[C@@H](C)SCC[C@@H](N)C(=O)O. The summed E-state index contributed by atoms with van der Waals surface area (Å²) in [5.41, 5.74) is 10.8. The molecule has 0 rings (SSSR count). The second-order valence-corrected chi connectivity index (χ2v) is 4.94. The molecule has 0 heterocycles. The smallest absolute Gasteiger partial charge is 0.320 e. The Kier molecular flexibility index (Phi) is 7.15. The molecule has 0 bridgehead atoms. The summed E-state index contributed by atoms with van der Waals surface area (Å²) in [6, 6.07) is -0.760. The van der Waals surface area contributed by atoms with Crippen molar-refractivity contribution in [2.24, 2.45) is 16.5 Å². The standard InChI is InChI=1S/C9H19N3O2S/c1-6(5-12-7(2)10)15-4-3-8(11)9(13)14/h6,8H,3-5,11H2,1-2H3,(H2,10,12)(H,13,14)/t6-,8-/m1/s1. The van der Waals surface area contributed by atoms with Gasteiger partial charge in [0.05, 0.1) is 12.4 Å². The quantitative estimate of drug-likeness (QED) is 0.433. The van der Waals surface area contributed by atoms with E-state index in [9.17, 15) is 4.79 Å². The lowest BCUT2D eigenvalue weighted by atomic mass is 10.2. The van der Waals surface area contributed by atoms with Gasteiger partial charge in [-0.25, -0.2) is 0 Å². The molecule has 6 heteroatoms. The second-order valence-electron chi connectivity index (χ2n) is 3.40. The number of hydrogen-bond acceptors (Lipinski definition) is 4. The van der Waals surface area contributed by atoms with E-state index < -0.39 is 12.0 Å². The zero-order valence-electron chi connectivity index (χ0n) is 9.14. The molecule has 0 aromatic heterocycles. The van der Waals surface area contributed by atoms with Gasteiger partial charge in [0.1, 0.15) is 6.04 Å². The summed E-state index contributed by atoms with van der Waals surface area (Å²) in [6.45, 7) is 4.44. The van der Waals surface area contributed by atoms with E-state index in [1.165, 1.54) is 0 Å². The highest BCUT2D eigenvalue weighted by Gasteiger charge is 2.11. The Balaban J connectivity index is 3.59. The van der Waals surface area contributed by atoms with Crippen LogP contribution in [0.4, 0.5) is 0 Å². The van der Waals surface area contributed by atoms with Crippen LogP contribution in [-0.4, -0.2) is 40.5 Å². The molecule has 15 heavy (non-hydrogen) atoms. The van der Waals surface area contributed by atoms with E-state index in [0.717, 1.165) is 5.75 Å². The van der Waals surface area contributed by atoms with E-state index in [-0.39, 0.29) is 0 Å². The number of thioether (sulfide) groups is 1. The fourth-order valence-electron chi connectivity index (χ4n) is 0.845. The van der Waals surface area contributed by atoms with Gasteiger partial charge in [-0.15, -0.1) is 0 Å². The van der Waals surface area contributed by atoms with Crippen molar-refractivity contribution in [2.45, 2.75) is 31.6 Å². The number of amidine groups is 1. The van der Waals surface area contributed by atoms with E-state index in [0.29, 0.717) is 24.1 Å². The van der Waals surface area contributed by atoms with Crippen LogP contribution < -0.4 is 11.5 Å². The summed E-state index contributed by atoms with van der Waals surface area (Å²) in [7, 11) is 0. The molecular weight excluding hydrogens is 214 g/mol. The minimum atomic E-state index is -0.945. The van der Waals surface area contributed by atoms with Crippen molar-refractivity contribution in [3.63, 3.8) is 0 Å². The van der Waals surface area contributed by atoms with Crippen LogP contribution in [0.15, 0.2) is 4.99 Å². The molecule has 2 atom stereocenters. The summed E-state index contributed by atoms with van der Waals surface area (Å²) in [5, 5.41) is 8.89. The fourth-order valence-corrected chi connectivity index (χ4v) is 1.82. The maximum absolute atomic E-state index is 10.4. The highest BCUT2D eigenvalue weighted by atomic mass is 32.2. The fraction of sp³-hybridized carbons (Fsp3) is 0.778. The number of carbonyl (C=O) groups is 1. The van der Waals surface area contributed by atoms with Crippen LogP contribution in [0.2, 0.25) is 0 Å². The van der Waals surface area contributed by atoms with Gasteiger partial charge in [0.25, 0.3) is 0 Å². The number of nitrogens with two attached hydrogens (primary N) is 2. The van der Waals surface area contributed by atoms with Crippen LogP contribution in [0.3, 0.4) is 0 Å². The Bertz CT molecular complexity index is 229. The topological polar surface area (TPSA) is 102 Å². The largest absolute Gasteiger partial charge is 0.480 e. The monoisotopic (exact) mass is 233 g/mol. The molecule has 0 radical (unpaired) electrons. The number of carboxylic acid groups (broad SMARTS) is 1. The number of nitrogens with zero attached hydrogens (tertiary/aromatic N) is 1. The predicted octanol–water partition coefficient (Wildman–Crippen LogP) is 0.287. The second kappa shape index (κ2) is 7.53. The molecule has 0 spiro atoms. The number of hydrogen-bond donors (Lipinski definition) is 3. The minimum absolute atomic E-state index is 0.337. The summed E-state index contributed by atoms with van der Waals surface area (Å²) < 4.78 is 0. The predicted molar refractivity (Wildman–Crippen MR) is 64.3 cm³/mol. The lowest BCUT2D eigenvalue weighted by Gasteiger charge is -2.10. The van der Waals surface area contributed by atoms with Crippen LogP contribution >= 0.6 is 11.8 Å². The Morgan fingerprint density at radius 3 is 2.67 bits per heavy atom. The zero-order chi connectivity index (χ0) is 11.8. The highest BCUT2D eigenvalue weighted by Crippen LogP contribution is 2.12. The summed E-state index contributed by atoms with van der Waals surface area (Å²) >= 11 is 1.66. The van der Waals surface area contributed by atoms with Crippen LogP contribution in [0.5, 0.6) is 0 Å². The van der Waals surface area contributed by atoms with Crippen molar-refractivity contribution in [3.05, 3.63) is 0 Å². The van der Waals surface area contributed by atoms with Crippen molar-refractivity contribution >= 4 is 23.6 Å².